The summed E-state index contributed by atoms with van der Waals surface area (Å²) < 4.78 is 2.17. The van der Waals surface area contributed by atoms with Gasteiger partial charge in [0.25, 0.3) is 0 Å². The first-order chi connectivity index (χ1) is 13.0. The third-order valence-corrected chi connectivity index (χ3v) is 5.85. The van der Waals surface area contributed by atoms with Gasteiger partial charge in [-0.15, -0.1) is 0 Å². The van der Waals surface area contributed by atoms with Gasteiger partial charge in [-0.2, -0.15) is 0 Å². The lowest BCUT2D eigenvalue weighted by molar-refractivity contribution is 0.100. The smallest absolute Gasteiger partial charge is 0.249 e. The minimum Gasteiger partial charge on any atom is -0.366 e. The summed E-state index contributed by atoms with van der Waals surface area (Å²) in [5, 5.41) is 2.96. The number of aryl methyl sites for hydroxylation is 1. The molecule has 1 amide bonds. The van der Waals surface area contributed by atoms with Crippen molar-refractivity contribution in [1.29, 1.82) is 0 Å². The number of halogens is 2. The van der Waals surface area contributed by atoms with Crippen molar-refractivity contribution in [3.05, 3.63) is 81.3 Å². The van der Waals surface area contributed by atoms with Crippen LogP contribution in [0.4, 0.5) is 0 Å². The van der Waals surface area contributed by atoms with Gasteiger partial charge >= 0.3 is 0 Å². The largest absolute Gasteiger partial charge is 0.366 e. The van der Waals surface area contributed by atoms with Crippen LogP contribution in [0.2, 0.25) is 10.0 Å². The molecule has 0 unspecified atom stereocenters. The molecular weight excluding hydrogens is 379 g/mol. The first-order valence-electron chi connectivity index (χ1n) is 8.77. The number of carbonyl (C=O) groups excluding carboxylic acids is 1. The van der Waals surface area contributed by atoms with E-state index in [2.05, 4.69) is 29.7 Å². The summed E-state index contributed by atoms with van der Waals surface area (Å²) in [4.78, 5) is 12.0. The molecule has 0 spiro atoms. The van der Waals surface area contributed by atoms with Gasteiger partial charge in [0, 0.05) is 28.4 Å². The van der Waals surface area contributed by atoms with Crippen molar-refractivity contribution in [1.82, 2.24) is 4.57 Å². The molecule has 0 atom stereocenters. The predicted octanol–water partition coefficient (Wildman–Crippen LogP) is 5.81. The van der Waals surface area contributed by atoms with E-state index in [1.165, 1.54) is 5.56 Å². The molecule has 0 saturated carbocycles. The van der Waals surface area contributed by atoms with Crippen molar-refractivity contribution in [3.63, 3.8) is 0 Å². The van der Waals surface area contributed by atoms with E-state index < -0.39 is 5.91 Å². The summed E-state index contributed by atoms with van der Waals surface area (Å²) >= 11 is 12.6. The number of carbonyl (C=O) groups is 1. The van der Waals surface area contributed by atoms with Crippen molar-refractivity contribution < 1.29 is 4.79 Å². The van der Waals surface area contributed by atoms with Crippen LogP contribution >= 0.6 is 23.2 Å². The number of hydrogen-bond donors (Lipinski definition) is 1. The average molecular weight is 397 g/mol. The van der Waals surface area contributed by atoms with Gasteiger partial charge in [0.15, 0.2) is 0 Å². The van der Waals surface area contributed by atoms with E-state index in [1.807, 2.05) is 24.3 Å². The van der Waals surface area contributed by atoms with E-state index >= 15 is 0 Å². The fraction of sp³-hybridized carbons (Fsp3) is 0.136. The third-order valence-electron chi connectivity index (χ3n) is 4.99. The summed E-state index contributed by atoms with van der Waals surface area (Å²) in [6, 6.07) is 17.6. The zero-order chi connectivity index (χ0) is 19.1. The number of nitrogens with zero attached hydrogens (tertiary/aromatic N) is 1. The molecule has 0 aliphatic rings. The van der Waals surface area contributed by atoms with Crippen LogP contribution in [0.25, 0.3) is 21.8 Å². The Morgan fingerprint density at radius 2 is 1.81 bits per heavy atom. The van der Waals surface area contributed by atoms with Crippen molar-refractivity contribution >= 4 is 50.9 Å². The summed E-state index contributed by atoms with van der Waals surface area (Å²) in [6.07, 6.45) is 0.929. The maximum absolute atomic E-state index is 12.0. The van der Waals surface area contributed by atoms with Crippen LogP contribution in [0, 0.1) is 0 Å². The number of primary amides is 1. The van der Waals surface area contributed by atoms with E-state index in [4.69, 9.17) is 28.9 Å². The van der Waals surface area contributed by atoms with E-state index in [0.29, 0.717) is 22.2 Å². The fourth-order valence-electron chi connectivity index (χ4n) is 3.63. The topological polar surface area (TPSA) is 48.0 Å². The Balaban J connectivity index is 2.06. The van der Waals surface area contributed by atoms with Gasteiger partial charge in [0.05, 0.1) is 15.6 Å². The molecule has 0 fully saturated rings. The van der Waals surface area contributed by atoms with Gasteiger partial charge in [0.2, 0.25) is 5.91 Å². The number of hydrogen-bond acceptors (Lipinski definition) is 1. The molecule has 0 radical (unpaired) electrons. The minimum atomic E-state index is -0.431. The summed E-state index contributed by atoms with van der Waals surface area (Å²) in [7, 11) is 0. The highest BCUT2D eigenvalue weighted by Crippen LogP contribution is 2.34. The monoisotopic (exact) mass is 396 g/mol. The summed E-state index contributed by atoms with van der Waals surface area (Å²) in [6.45, 7) is 2.67. The Labute approximate surface area is 167 Å². The Morgan fingerprint density at radius 1 is 1.04 bits per heavy atom. The molecular formula is C22H18Cl2N2O. The molecule has 0 aliphatic carbocycles. The number of amides is 1. The van der Waals surface area contributed by atoms with Crippen LogP contribution in [0.3, 0.4) is 0 Å². The highest BCUT2D eigenvalue weighted by molar-refractivity contribution is 6.42. The molecule has 1 heterocycles. The zero-order valence-corrected chi connectivity index (χ0v) is 16.3. The van der Waals surface area contributed by atoms with Crippen molar-refractivity contribution in [2.45, 2.75) is 19.9 Å². The van der Waals surface area contributed by atoms with Crippen LogP contribution in [-0.4, -0.2) is 10.5 Å². The molecule has 3 nitrogen and oxygen atoms in total. The number of benzene rings is 3. The fourth-order valence-corrected chi connectivity index (χ4v) is 4.01. The Hall–Kier alpha value is -2.49. The molecule has 27 heavy (non-hydrogen) atoms. The van der Waals surface area contributed by atoms with Crippen LogP contribution in [0.15, 0.2) is 54.6 Å². The lowest BCUT2D eigenvalue weighted by Crippen LogP contribution is -2.11. The second-order valence-electron chi connectivity index (χ2n) is 6.57. The molecule has 3 aromatic carbocycles. The zero-order valence-electron chi connectivity index (χ0n) is 14.8. The lowest BCUT2D eigenvalue weighted by atomic mass is 10.0. The maximum atomic E-state index is 12.0. The number of aromatic nitrogens is 1. The Kier molecular flexibility index (Phi) is 4.58. The highest BCUT2D eigenvalue weighted by Gasteiger charge is 2.17. The first-order valence-corrected chi connectivity index (χ1v) is 9.53. The second-order valence-corrected chi connectivity index (χ2v) is 7.35. The summed E-state index contributed by atoms with van der Waals surface area (Å²) in [5.74, 6) is -0.431. The molecule has 5 heteroatoms. The van der Waals surface area contributed by atoms with E-state index in [0.717, 1.165) is 33.8 Å². The van der Waals surface area contributed by atoms with Crippen LogP contribution in [0.5, 0.6) is 0 Å². The maximum Gasteiger partial charge on any atom is 0.249 e. The average Bonchev–Trinajstić information content (AvgIpc) is 2.98. The normalized spacial score (nSPS) is 11.4. The number of fused-ring (bicyclic) bond motifs is 3. The first kappa shape index (κ1) is 17.9. The Bertz CT molecular complexity index is 1190. The van der Waals surface area contributed by atoms with Crippen LogP contribution < -0.4 is 5.73 Å². The molecule has 0 saturated heterocycles. The van der Waals surface area contributed by atoms with Gasteiger partial charge in [-0.1, -0.05) is 60.5 Å². The number of rotatable bonds is 4. The molecule has 0 bridgehead atoms. The molecule has 2 N–H and O–H groups in total. The second kappa shape index (κ2) is 6.91. The van der Waals surface area contributed by atoms with Crippen molar-refractivity contribution in [3.8, 4) is 0 Å². The number of nitrogens with two attached hydrogens (primary N) is 1. The van der Waals surface area contributed by atoms with Gasteiger partial charge in [0.1, 0.15) is 0 Å². The predicted molar refractivity (Wildman–Crippen MR) is 113 cm³/mol. The lowest BCUT2D eigenvalue weighted by Gasteiger charge is -2.11. The van der Waals surface area contributed by atoms with E-state index in [9.17, 15) is 4.79 Å². The molecule has 4 aromatic rings. The molecule has 1 aromatic heterocycles. The quantitative estimate of drug-likeness (QED) is 0.464. The molecule has 4 rings (SSSR count). The van der Waals surface area contributed by atoms with Gasteiger partial charge in [-0.05, 0) is 41.8 Å². The van der Waals surface area contributed by atoms with Crippen LogP contribution in [0.1, 0.15) is 28.4 Å². The molecule has 136 valence electrons. The molecule has 0 aliphatic heterocycles. The van der Waals surface area contributed by atoms with Crippen molar-refractivity contribution in [2.24, 2.45) is 5.73 Å². The van der Waals surface area contributed by atoms with Gasteiger partial charge in [-0.3, -0.25) is 4.79 Å². The van der Waals surface area contributed by atoms with Crippen molar-refractivity contribution in [2.75, 3.05) is 0 Å². The van der Waals surface area contributed by atoms with E-state index in [1.54, 1.807) is 12.1 Å². The SMILES string of the molecule is CCc1ccc2c3c(C(N)=O)cccc3n(Cc3cccc(Cl)c3Cl)c2c1. The third kappa shape index (κ3) is 2.97. The van der Waals surface area contributed by atoms with Gasteiger partial charge in [-0.25, -0.2) is 0 Å². The van der Waals surface area contributed by atoms with Crippen LogP contribution in [-0.2, 0) is 13.0 Å². The minimum absolute atomic E-state index is 0.431. The van der Waals surface area contributed by atoms with E-state index in [-0.39, 0.29) is 0 Å². The van der Waals surface area contributed by atoms with Gasteiger partial charge < -0.3 is 10.3 Å². The Morgan fingerprint density at radius 3 is 2.56 bits per heavy atom. The highest BCUT2D eigenvalue weighted by atomic mass is 35.5. The standard InChI is InChI=1S/C22H18Cl2N2O/c1-2-13-9-10-15-19(11-13)26(12-14-5-3-7-17(23)21(14)24)18-8-4-6-16(20(15)18)22(25)27/h3-11H,2,12H2,1H3,(H2,25,27). The summed E-state index contributed by atoms with van der Waals surface area (Å²) in [5.41, 5.74) is 10.3.